The fourth-order valence-electron chi connectivity index (χ4n) is 2.04. The summed E-state index contributed by atoms with van der Waals surface area (Å²) < 4.78 is 0. The number of hydrogen-bond acceptors (Lipinski definition) is 3. The third kappa shape index (κ3) is 3.78. The molecule has 0 unspecified atom stereocenters. The number of amides is 1. The van der Waals surface area contributed by atoms with Crippen LogP contribution in [0.4, 0.5) is 5.69 Å². The van der Waals surface area contributed by atoms with E-state index in [0.29, 0.717) is 20.1 Å². The molecule has 1 saturated heterocycles. The smallest absolute Gasteiger partial charge is 0.264 e. The third-order valence-corrected chi connectivity index (χ3v) is 4.71. The van der Waals surface area contributed by atoms with Crippen LogP contribution in [0.5, 0.6) is 0 Å². The number of rotatable bonds is 2. The summed E-state index contributed by atoms with van der Waals surface area (Å²) in [5.74, 6) is -0.187. The topological polar surface area (TPSA) is 41.5 Å². The van der Waals surface area contributed by atoms with E-state index in [0.717, 1.165) is 16.8 Å². The van der Waals surface area contributed by atoms with Gasteiger partial charge in [0.25, 0.3) is 5.91 Å². The predicted octanol–water partition coefficient (Wildman–Crippen LogP) is 5.19. The van der Waals surface area contributed by atoms with E-state index in [1.54, 1.807) is 24.3 Å². The Hall–Kier alpha value is -1.75. The molecule has 23 heavy (non-hydrogen) atoms. The second-order valence-electron chi connectivity index (χ2n) is 4.93. The zero-order valence-corrected chi connectivity index (χ0v) is 14.5. The molecule has 0 bridgehead atoms. The molecule has 1 N–H and O–H groups in total. The molecule has 3 rings (SSSR count). The summed E-state index contributed by atoms with van der Waals surface area (Å²) in [4.78, 5) is 17.1. The van der Waals surface area contributed by atoms with E-state index in [1.165, 1.54) is 11.8 Å². The van der Waals surface area contributed by atoms with Crippen LogP contribution in [-0.2, 0) is 4.79 Å². The zero-order valence-electron chi connectivity index (χ0n) is 12.1. The highest BCUT2D eigenvalue weighted by Crippen LogP contribution is 2.31. The van der Waals surface area contributed by atoms with Crippen LogP contribution in [0.25, 0.3) is 6.08 Å². The lowest BCUT2D eigenvalue weighted by atomic mass is 10.2. The van der Waals surface area contributed by atoms with Gasteiger partial charge in [-0.3, -0.25) is 4.79 Å². The van der Waals surface area contributed by atoms with Crippen LogP contribution in [0.2, 0.25) is 10.0 Å². The van der Waals surface area contributed by atoms with Crippen molar-refractivity contribution >= 4 is 57.8 Å². The van der Waals surface area contributed by atoms with E-state index in [4.69, 9.17) is 23.2 Å². The maximum atomic E-state index is 12.1. The summed E-state index contributed by atoms with van der Waals surface area (Å²) in [5, 5.41) is 4.38. The van der Waals surface area contributed by atoms with Gasteiger partial charge in [-0.25, -0.2) is 4.99 Å². The highest BCUT2D eigenvalue weighted by molar-refractivity contribution is 8.18. The Balaban J connectivity index is 1.88. The van der Waals surface area contributed by atoms with Crippen molar-refractivity contribution in [3.05, 3.63) is 68.5 Å². The predicted molar refractivity (Wildman–Crippen MR) is 98.4 cm³/mol. The van der Waals surface area contributed by atoms with Gasteiger partial charge in [-0.15, -0.1) is 0 Å². The first kappa shape index (κ1) is 16.1. The Kier molecular flexibility index (Phi) is 4.76. The normalized spacial score (nSPS) is 17.8. The molecule has 0 aliphatic carbocycles. The molecule has 3 nitrogen and oxygen atoms in total. The first-order valence-electron chi connectivity index (χ1n) is 6.83. The minimum absolute atomic E-state index is 0.187. The standard InChI is InChI=1S/C17H12Cl2N2OS/c1-10-4-2-3-5-14(10)20-17-21-16(22)15(23-17)8-11-6-7-12(18)9-13(11)19/h2-9H,1H3,(H,20,21,22)/b15-8+. The number of hydrogen-bond donors (Lipinski definition) is 1. The average Bonchev–Trinajstić information content (AvgIpc) is 2.84. The lowest BCUT2D eigenvalue weighted by molar-refractivity contribution is -0.115. The van der Waals surface area contributed by atoms with Crippen molar-refractivity contribution in [2.24, 2.45) is 4.99 Å². The summed E-state index contributed by atoms with van der Waals surface area (Å²) in [6.45, 7) is 1.98. The summed E-state index contributed by atoms with van der Waals surface area (Å²) >= 11 is 13.3. The van der Waals surface area contributed by atoms with Gasteiger partial charge in [0.1, 0.15) is 0 Å². The summed E-state index contributed by atoms with van der Waals surface area (Å²) in [7, 11) is 0. The molecule has 0 spiro atoms. The molecular weight excluding hydrogens is 351 g/mol. The van der Waals surface area contributed by atoms with Crippen molar-refractivity contribution in [2.45, 2.75) is 6.92 Å². The Morgan fingerprint density at radius 2 is 1.96 bits per heavy atom. The molecule has 116 valence electrons. The number of benzene rings is 2. The van der Waals surface area contributed by atoms with Crippen molar-refractivity contribution < 1.29 is 4.79 Å². The number of nitrogens with zero attached hydrogens (tertiary/aromatic N) is 1. The molecule has 1 fully saturated rings. The van der Waals surface area contributed by atoms with Crippen LogP contribution in [0.3, 0.4) is 0 Å². The molecule has 1 aliphatic heterocycles. The molecule has 0 radical (unpaired) electrons. The number of halogens is 2. The van der Waals surface area contributed by atoms with E-state index in [-0.39, 0.29) is 5.91 Å². The Morgan fingerprint density at radius 3 is 2.70 bits per heavy atom. The van der Waals surface area contributed by atoms with Crippen molar-refractivity contribution in [3.8, 4) is 0 Å². The van der Waals surface area contributed by atoms with Gasteiger partial charge in [-0.05, 0) is 54.1 Å². The van der Waals surface area contributed by atoms with Gasteiger partial charge in [0.15, 0.2) is 5.17 Å². The third-order valence-electron chi connectivity index (χ3n) is 3.24. The number of aliphatic imine (C=N–C) groups is 1. The maximum absolute atomic E-state index is 12.1. The summed E-state index contributed by atoms with van der Waals surface area (Å²) in [6, 6.07) is 12.9. The van der Waals surface area contributed by atoms with Crippen LogP contribution in [0, 0.1) is 6.92 Å². The van der Waals surface area contributed by atoms with E-state index < -0.39 is 0 Å². The number of thioether (sulfide) groups is 1. The van der Waals surface area contributed by atoms with Crippen molar-refractivity contribution in [1.29, 1.82) is 0 Å². The first-order chi connectivity index (χ1) is 11.0. The van der Waals surface area contributed by atoms with Crippen molar-refractivity contribution in [3.63, 3.8) is 0 Å². The molecule has 1 aliphatic rings. The van der Waals surface area contributed by atoms with Gasteiger partial charge in [-0.2, -0.15) is 0 Å². The number of para-hydroxylation sites is 1. The number of amidine groups is 1. The van der Waals surface area contributed by atoms with Gasteiger partial charge in [-0.1, -0.05) is 47.5 Å². The largest absolute Gasteiger partial charge is 0.300 e. The SMILES string of the molecule is Cc1ccccc1N=C1NC(=O)/C(=C\c2ccc(Cl)cc2Cl)S1. The number of aryl methyl sites for hydroxylation is 1. The van der Waals surface area contributed by atoms with Crippen LogP contribution >= 0.6 is 35.0 Å². The Morgan fingerprint density at radius 1 is 1.17 bits per heavy atom. The molecule has 2 aromatic rings. The van der Waals surface area contributed by atoms with Crippen LogP contribution in [0.15, 0.2) is 52.4 Å². The number of carbonyl (C=O) groups is 1. The van der Waals surface area contributed by atoms with Gasteiger partial charge < -0.3 is 5.32 Å². The molecule has 0 atom stereocenters. The van der Waals surface area contributed by atoms with E-state index in [9.17, 15) is 4.79 Å². The fraction of sp³-hybridized carbons (Fsp3) is 0.0588. The van der Waals surface area contributed by atoms with Crippen LogP contribution in [0.1, 0.15) is 11.1 Å². The minimum Gasteiger partial charge on any atom is -0.300 e. The van der Waals surface area contributed by atoms with Gasteiger partial charge in [0.05, 0.1) is 10.6 Å². The minimum atomic E-state index is -0.187. The first-order valence-corrected chi connectivity index (χ1v) is 8.40. The van der Waals surface area contributed by atoms with Crippen LogP contribution < -0.4 is 5.32 Å². The average molecular weight is 363 g/mol. The highest BCUT2D eigenvalue weighted by atomic mass is 35.5. The number of carbonyl (C=O) groups excluding carboxylic acids is 1. The summed E-state index contributed by atoms with van der Waals surface area (Å²) in [6.07, 6.45) is 1.74. The quantitative estimate of drug-likeness (QED) is 0.746. The molecule has 6 heteroatoms. The van der Waals surface area contributed by atoms with E-state index in [2.05, 4.69) is 10.3 Å². The van der Waals surface area contributed by atoms with E-state index in [1.807, 2.05) is 31.2 Å². The molecule has 0 saturated carbocycles. The van der Waals surface area contributed by atoms with Gasteiger partial charge in [0, 0.05) is 10.0 Å². The Labute approximate surface area is 148 Å². The van der Waals surface area contributed by atoms with Gasteiger partial charge in [0.2, 0.25) is 0 Å². The molecular formula is C17H12Cl2N2OS. The molecule has 0 aromatic heterocycles. The Bertz CT molecular complexity index is 846. The number of nitrogens with one attached hydrogen (secondary N) is 1. The second kappa shape index (κ2) is 6.79. The zero-order chi connectivity index (χ0) is 16.4. The monoisotopic (exact) mass is 362 g/mol. The van der Waals surface area contributed by atoms with E-state index >= 15 is 0 Å². The molecule has 2 aromatic carbocycles. The summed E-state index contributed by atoms with van der Waals surface area (Å²) in [5.41, 5.74) is 2.62. The molecule has 1 amide bonds. The van der Waals surface area contributed by atoms with Crippen molar-refractivity contribution in [1.82, 2.24) is 5.32 Å². The van der Waals surface area contributed by atoms with Gasteiger partial charge >= 0.3 is 0 Å². The van der Waals surface area contributed by atoms with Crippen LogP contribution in [-0.4, -0.2) is 11.1 Å². The maximum Gasteiger partial charge on any atom is 0.264 e. The fourth-order valence-corrected chi connectivity index (χ4v) is 3.33. The van der Waals surface area contributed by atoms with Crippen molar-refractivity contribution in [2.75, 3.05) is 0 Å². The lowest BCUT2D eigenvalue weighted by Gasteiger charge is -2.00. The molecule has 1 heterocycles. The second-order valence-corrected chi connectivity index (χ2v) is 6.81. The highest BCUT2D eigenvalue weighted by Gasteiger charge is 2.24. The lowest BCUT2D eigenvalue weighted by Crippen LogP contribution is -2.19.